The zero-order valence-corrected chi connectivity index (χ0v) is 17.7. The molecule has 1 fully saturated rings. The minimum atomic E-state index is -0.430. The van der Waals surface area contributed by atoms with Crippen LogP contribution in [-0.2, 0) is 9.53 Å². The Kier molecular flexibility index (Phi) is 6.80. The zero-order valence-electron chi connectivity index (χ0n) is 15.4. The Balaban J connectivity index is 1.52. The van der Waals surface area contributed by atoms with Crippen LogP contribution in [0.15, 0.2) is 46.9 Å². The maximum Gasteiger partial charge on any atom is 0.337 e. The lowest BCUT2D eigenvalue weighted by molar-refractivity contribution is -0.133. The molecule has 0 bridgehead atoms. The highest BCUT2D eigenvalue weighted by Gasteiger charge is 2.22. The van der Waals surface area contributed by atoms with Gasteiger partial charge in [-0.2, -0.15) is 0 Å². The molecule has 1 heterocycles. The number of esters is 1. The summed E-state index contributed by atoms with van der Waals surface area (Å²) >= 11 is 9.41. The number of carbonyl (C=O) groups is 2. The highest BCUT2D eigenvalue weighted by Crippen LogP contribution is 2.26. The van der Waals surface area contributed by atoms with Crippen LogP contribution >= 0.6 is 27.5 Å². The van der Waals surface area contributed by atoms with Gasteiger partial charge >= 0.3 is 5.97 Å². The molecule has 2 aromatic rings. The minimum Gasteiger partial charge on any atom is -0.483 e. The van der Waals surface area contributed by atoms with E-state index in [-0.39, 0.29) is 12.5 Å². The average molecular weight is 468 g/mol. The molecular weight excluding hydrogens is 448 g/mol. The maximum absolute atomic E-state index is 12.5. The van der Waals surface area contributed by atoms with Crippen LogP contribution < -0.4 is 9.64 Å². The number of nitrogens with zero attached hydrogens (tertiary/aromatic N) is 2. The Bertz CT molecular complexity index is 869. The first-order valence-electron chi connectivity index (χ1n) is 8.77. The molecule has 0 spiro atoms. The SMILES string of the molecule is COC(=O)c1ccc(OCC(=O)N2CCN(c3cccc(Cl)c3)CC2)c(Br)c1. The monoisotopic (exact) mass is 466 g/mol. The summed E-state index contributed by atoms with van der Waals surface area (Å²) in [5, 5.41) is 0.702. The van der Waals surface area contributed by atoms with Crippen molar-refractivity contribution in [3.05, 3.63) is 57.5 Å². The molecular formula is C20H20BrClN2O4. The van der Waals surface area contributed by atoms with E-state index >= 15 is 0 Å². The van der Waals surface area contributed by atoms with E-state index in [0.29, 0.717) is 33.9 Å². The fraction of sp³-hybridized carbons (Fsp3) is 0.300. The van der Waals surface area contributed by atoms with Crippen molar-refractivity contribution >= 4 is 45.1 Å². The van der Waals surface area contributed by atoms with Gasteiger partial charge in [-0.15, -0.1) is 0 Å². The molecule has 28 heavy (non-hydrogen) atoms. The van der Waals surface area contributed by atoms with Crippen LogP contribution in [0.2, 0.25) is 5.02 Å². The zero-order chi connectivity index (χ0) is 20.1. The second kappa shape index (κ2) is 9.30. The number of hydrogen-bond donors (Lipinski definition) is 0. The van der Waals surface area contributed by atoms with E-state index in [0.717, 1.165) is 18.8 Å². The van der Waals surface area contributed by atoms with Crippen molar-refractivity contribution in [2.45, 2.75) is 0 Å². The molecule has 0 radical (unpaired) electrons. The number of halogens is 2. The number of carbonyl (C=O) groups excluding carboxylic acids is 2. The molecule has 0 aliphatic carbocycles. The Morgan fingerprint density at radius 3 is 2.50 bits per heavy atom. The molecule has 0 N–H and O–H groups in total. The molecule has 2 aromatic carbocycles. The molecule has 148 valence electrons. The highest BCUT2D eigenvalue weighted by molar-refractivity contribution is 9.10. The van der Waals surface area contributed by atoms with Crippen molar-refractivity contribution in [3.8, 4) is 5.75 Å². The smallest absolute Gasteiger partial charge is 0.337 e. The van der Waals surface area contributed by atoms with Crippen molar-refractivity contribution in [2.75, 3.05) is 44.8 Å². The minimum absolute atomic E-state index is 0.0622. The lowest BCUT2D eigenvalue weighted by Gasteiger charge is -2.36. The Morgan fingerprint density at radius 1 is 1.11 bits per heavy atom. The molecule has 1 aliphatic heterocycles. The molecule has 0 aromatic heterocycles. The summed E-state index contributed by atoms with van der Waals surface area (Å²) in [5.74, 6) is -0.00541. The van der Waals surface area contributed by atoms with E-state index in [2.05, 4.69) is 25.6 Å². The van der Waals surface area contributed by atoms with Crippen LogP contribution in [0.1, 0.15) is 10.4 Å². The second-order valence-corrected chi connectivity index (χ2v) is 7.56. The van der Waals surface area contributed by atoms with Gasteiger partial charge in [0.15, 0.2) is 6.61 Å². The Morgan fingerprint density at radius 2 is 1.86 bits per heavy atom. The normalized spacial score (nSPS) is 14.0. The number of rotatable bonds is 5. The maximum atomic E-state index is 12.5. The van der Waals surface area contributed by atoms with Gasteiger partial charge in [-0.1, -0.05) is 17.7 Å². The molecule has 8 heteroatoms. The van der Waals surface area contributed by atoms with Gasteiger partial charge in [0, 0.05) is 36.9 Å². The molecule has 1 aliphatic rings. The van der Waals surface area contributed by atoms with Gasteiger partial charge < -0.3 is 19.3 Å². The topological polar surface area (TPSA) is 59.1 Å². The van der Waals surface area contributed by atoms with Gasteiger partial charge in [0.05, 0.1) is 17.1 Å². The van der Waals surface area contributed by atoms with Crippen LogP contribution in [0, 0.1) is 0 Å². The van der Waals surface area contributed by atoms with Crippen LogP contribution in [0.25, 0.3) is 0 Å². The number of methoxy groups -OCH3 is 1. The van der Waals surface area contributed by atoms with E-state index in [4.69, 9.17) is 16.3 Å². The van der Waals surface area contributed by atoms with Crippen molar-refractivity contribution in [1.29, 1.82) is 0 Å². The third-order valence-electron chi connectivity index (χ3n) is 4.51. The lowest BCUT2D eigenvalue weighted by Crippen LogP contribution is -2.50. The predicted octanol–water partition coefficient (Wildman–Crippen LogP) is 3.62. The van der Waals surface area contributed by atoms with Gasteiger partial charge in [0.1, 0.15) is 5.75 Å². The van der Waals surface area contributed by atoms with E-state index in [1.165, 1.54) is 7.11 Å². The Labute approximate surface area is 177 Å². The summed E-state index contributed by atoms with van der Waals surface area (Å²) in [7, 11) is 1.32. The second-order valence-electron chi connectivity index (χ2n) is 6.27. The van der Waals surface area contributed by atoms with Crippen molar-refractivity contribution in [3.63, 3.8) is 0 Å². The largest absolute Gasteiger partial charge is 0.483 e. The Hall–Kier alpha value is -2.25. The highest BCUT2D eigenvalue weighted by atomic mass is 79.9. The van der Waals surface area contributed by atoms with E-state index in [1.807, 2.05) is 24.3 Å². The van der Waals surface area contributed by atoms with Gasteiger partial charge in [0.25, 0.3) is 5.91 Å². The van der Waals surface area contributed by atoms with Crippen LogP contribution in [0.5, 0.6) is 5.75 Å². The molecule has 1 saturated heterocycles. The fourth-order valence-electron chi connectivity index (χ4n) is 2.98. The lowest BCUT2D eigenvalue weighted by atomic mass is 10.2. The third-order valence-corrected chi connectivity index (χ3v) is 5.36. The standard InChI is InChI=1S/C20H20BrClN2O4/c1-27-20(26)14-5-6-18(17(21)11-14)28-13-19(25)24-9-7-23(8-10-24)16-4-2-3-15(22)12-16/h2-6,11-12H,7-10,13H2,1H3. The summed E-state index contributed by atoms with van der Waals surface area (Å²) in [6.07, 6.45) is 0. The first-order chi connectivity index (χ1) is 13.5. The number of ether oxygens (including phenoxy) is 2. The number of benzene rings is 2. The van der Waals surface area contributed by atoms with Crippen molar-refractivity contribution in [2.24, 2.45) is 0 Å². The first kappa shape index (κ1) is 20.5. The van der Waals surface area contributed by atoms with Crippen molar-refractivity contribution in [1.82, 2.24) is 4.90 Å². The van der Waals surface area contributed by atoms with Crippen LogP contribution in [0.4, 0.5) is 5.69 Å². The summed E-state index contributed by atoms with van der Waals surface area (Å²) in [6, 6.07) is 12.6. The van der Waals surface area contributed by atoms with Gasteiger partial charge in [-0.3, -0.25) is 4.79 Å². The molecule has 6 nitrogen and oxygen atoms in total. The first-order valence-corrected chi connectivity index (χ1v) is 9.94. The molecule has 0 saturated carbocycles. The van der Waals surface area contributed by atoms with Crippen LogP contribution in [0.3, 0.4) is 0 Å². The molecule has 0 atom stereocenters. The predicted molar refractivity (Wildman–Crippen MR) is 111 cm³/mol. The van der Waals surface area contributed by atoms with Gasteiger partial charge in [0.2, 0.25) is 0 Å². The third kappa shape index (κ3) is 4.97. The van der Waals surface area contributed by atoms with E-state index < -0.39 is 5.97 Å². The van der Waals surface area contributed by atoms with E-state index in [1.54, 1.807) is 23.1 Å². The summed E-state index contributed by atoms with van der Waals surface area (Å²) in [6.45, 7) is 2.66. The summed E-state index contributed by atoms with van der Waals surface area (Å²) in [4.78, 5) is 28.0. The van der Waals surface area contributed by atoms with Crippen LogP contribution in [-0.4, -0.2) is 56.7 Å². The molecule has 1 amide bonds. The molecule has 0 unspecified atom stereocenters. The number of amides is 1. The fourth-order valence-corrected chi connectivity index (χ4v) is 3.66. The summed E-state index contributed by atoms with van der Waals surface area (Å²) < 4.78 is 10.9. The average Bonchev–Trinajstić information content (AvgIpc) is 2.72. The number of piperazine rings is 1. The summed E-state index contributed by atoms with van der Waals surface area (Å²) in [5.41, 5.74) is 1.47. The number of anilines is 1. The molecule has 3 rings (SSSR count). The van der Waals surface area contributed by atoms with Crippen molar-refractivity contribution < 1.29 is 19.1 Å². The quantitative estimate of drug-likeness (QED) is 0.629. The van der Waals surface area contributed by atoms with Gasteiger partial charge in [-0.05, 0) is 52.3 Å². The van der Waals surface area contributed by atoms with E-state index in [9.17, 15) is 9.59 Å². The van der Waals surface area contributed by atoms with Gasteiger partial charge in [-0.25, -0.2) is 4.79 Å². The number of hydrogen-bond acceptors (Lipinski definition) is 5.